The van der Waals surface area contributed by atoms with E-state index in [1.54, 1.807) is 17.4 Å². The number of ketones is 2. The first-order chi connectivity index (χ1) is 17.8. The van der Waals surface area contributed by atoms with Crippen LogP contribution in [0.25, 0.3) is 10.2 Å². The van der Waals surface area contributed by atoms with Crippen molar-refractivity contribution in [2.45, 2.75) is 84.1 Å². The SMILES string of the molecule is CCC(=O)C[C@@H](Cc1nc2ccc(CC)cc2s1)C(=O)N[C@H](CCC(=O)/C=C/CN(C)C)C1CCCC1. The number of rotatable bonds is 15. The number of aryl methyl sites for hydroxylation is 1. The van der Waals surface area contributed by atoms with Gasteiger partial charge in [0.25, 0.3) is 0 Å². The van der Waals surface area contributed by atoms with Gasteiger partial charge in [-0.2, -0.15) is 0 Å². The first-order valence-electron chi connectivity index (χ1n) is 13.8. The Morgan fingerprint density at radius 3 is 2.62 bits per heavy atom. The van der Waals surface area contributed by atoms with Crippen molar-refractivity contribution in [2.24, 2.45) is 11.8 Å². The van der Waals surface area contributed by atoms with Gasteiger partial charge in [-0.1, -0.05) is 38.8 Å². The van der Waals surface area contributed by atoms with Crippen molar-refractivity contribution in [3.05, 3.63) is 40.9 Å². The van der Waals surface area contributed by atoms with Crippen LogP contribution in [-0.4, -0.2) is 54.0 Å². The van der Waals surface area contributed by atoms with Gasteiger partial charge in [-0.05, 0) is 69.5 Å². The molecule has 1 N–H and O–H groups in total. The Balaban J connectivity index is 1.71. The molecular formula is C30H43N3O3S. The molecule has 202 valence electrons. The number of hydrogen-bond acceptors (Lipinski definition) is 6. The fourth-order valence-electron chi connectivity index (χ4n) is 5.07. The maximum atomic E-state index is 13.6. The van der Waals surface area contributed by atoms with Crippen molar-refractivity contribution < 1.29 is 14.4 Å². The summed E-state index contributed by atoms with van der Waals surface area (Å²) >= 11 is 1.62. The average Bonchev–Trinajstić information content (AvgIpc) is 3.55. The molecule has 3 rings (SSSR count). The molecule has 0 radical (unpaired) electrons. The van der Waals surface area contributed by atoms with Gasteiger partial charge < -0.3 is 10.2 Å². The van der Waals surface area contributed by atoms with Crippen LogP contribution in [0.5, 0.6) is 0 Å². The lowest BCUT2D eigenvalue weighted by atomic mass is 9.91. The largest absolute Gasteiger partial charge is 0.353 e. The Hall–Kier alpha value is -2.38. The van der Waals surface area contributed by atoms with Gasteiger partial charge >= 0.3 is 0 Å². The summed E-state index contributed by atoms with van der Waals surface area (Å²) in [5.41, 5.74) is 2.21. The third-order valence-electron chi connectivity index (χ3n) is 7.34. The van der Waals surface area contributed by atoms with E-state index in [4.69, 9.17) is 4.98 Å². The summed E-state index contributed by atoms with van der Waals surface area (Å²) in [4.78, 5) is 45.2. The maximum Gasteiger partial charge on any atom is 0.224 e. The van der Waals surface area contributed by atoms with Gasteiger partial charge in [0.2, 0.25) is 5.91 Å². The molecule has 7 heteroatoms. The van der Waals surface area contributed by atoms with Gasteiger partial charge in [-0.15, -0.1) is 11.3 Å². The minimum Gasteiger partial charge on any atom is -0.353 e. The summed E-state index contributed by atoms with van der Waals surface area (Å²) in [5, 5.41) is 4.19. The van der Waals surface area contributed by atoms with Gasteiger partial charge in [0.1, 0.15) is 5.78 Å². The van der Waals surface area contributed by atoms with Crippen molar-refractivity contribution in [1.82, 2.24) is 15.2 Å². The molecule has 6 nitrogen and oxygen atoms in total. The molecule has 1 aliphatic rings. The molecule has 37 heavy (non-hydrogen) atoms. The maximum absolute atomic E-state index is 13.6. The number of amides is 1. The summed E-state index contributed by atoms with van der Waals surface area (Å²) in [6, 6.07) is 6.27. The Morgan fingerprint density at radius 2 is 1.95 bits per heavy atom. The number of nitrogens with one attached hydrogen (secondary N) is 1. The highest BCUT2D eigenvalue weighted by Crippen LogP contribution is 2.31. The summed E-state index contributed by atoms with van der Waals surface area (Å²) in [7, 11) is 3.94. The third-order valence-corrected chi connectivity index (χ3v) is 8.38. The van der Waals surface area contributed by atoms with Crippen LogP contribution in [0.1, 0.15) is 75.8 Å². The van der Waals surface area contributed by atoms with Crippen LogP contribution in [0, 0.1) is 11.8 Å². The minimum atomic E-state index is -0.446. The summed E-state index contributed by atoms with van der Waals surface area (Å²) in [5.74, 6) is 0.0480. The first kappa shape index (κ1) is 29.2. The Labute approximate surface area is 225 Å². The zero-order valence-corrected chi connectivity index (χ0v) is 23.7. The third kappa shape index (κ3) is 9.15. The molecule has 1 aromatic carbocycles. The van der Waals surface area contributed by atoms with Crippen LogP contribution >= 0.6 is 11.3 Å². The molecule has 1 amide bonds. The van der Waals surface area contributed by atoms with Crippen LogP contribution < -0.4 is 5.32 Å². The molecule has 2 aromatic rings. The topological polar surface area (TPSA) is 79.4 Å². The fraction of sp³-hybridized carbons (Fsp3) is 0.600. The van der Waals surface area contributed by atoms with E-state index >= 15 is 0 Å². The van der Waals surface area contributed by atoms with Crippen molar-refractivity contribution in [3.8, 4) is 0 Å². The Bertz CT molecular complexity index is 1080. The van der Waals surface area contributed by atoms with Crippen molar-refractivity contribution in [3.63, 3.8) is 0 Å². The zero-order chi connectivity index (χ0) is 26.8. The van der Waals surface area contributed by atoms with Gasteiger partial charge in [0.15, 0.2) is 5.78 Å². The summed E-state index contributed by atoms with van der Waals surface area (Å²) < 4.78 is 1.12. The standard InChI is InChI=1S/C30H43N3O3S/c1-5-21-13-15-27-28(18-21)37-29(31-27)20-23(19-24(34)6-2)30(36)32-26(22-10-7-8-11-22)16-14-25(35)12-9-17-33(3)4/h9,12-13,15,18,22-23,26H,5-8,10-11,14,16-17,19-20H2,1-4H3,(H,32,36)/b12-9+/t23-,26+/m0/s1. The van der Waals surface area contributed by atoms with E-state index in [0.717, 1.165) is 53.9 Å². The van der Waals surface area contributed by atoms with Crippen LogP contribution in [0.15, 0.2) is 30.4 Å². The van der Waals surface area contributed by atoms with Crippen LogP contribution in [-0.2, 0) is 27.2 Å². The second kappa shape index (κ2) is 14.5. The van der Waals surface area contributed by atoms with Crippen molar-refractivity contribution >= 4 is 39.0 Å². The van der Waals surface area contributed by atoms with Gasteiger partial charge in [-0.3, -0.25) is 14.4 Å². The van der Waals surface area contributed by atoms with E-state index in [-0.39, 0.29) is 29.9 Å². The second-order valence-corrected chi connectivity index (χ2v) is 11.7. The van der Waals surface area contributed by atoms with E-state index in [2.05, 4.69) is 24.4 Å². The normalized spacial score (nSPS) is 16.0. The van der Waals surface area contributed by atoms with E-state index in [1.165, 1.54) is 5.56 Å². The highest BCUT2D eigenvalue weighted by Gasteiger charge is 2.30. The molecule has 1 heterocycles. The predicted octanol–water partition coefficient (Wildman–Crippen LogP) is 5.53. The van der Waals surface area contributed by atoms with Gasteiger partial charge in [0.05, 0.1) is 21.1 Å². The molecule has 0 unspecified atom stereocenters. The molecule has 0 spiro atoms. The van der Waals surface area contributed by atoms with Crippen molar-refractivity contribution in [1.29, 1.82) is 0 Å². The minimum absolute atomic E-state index is 0.0390. The highest BCUT2D eigenvalue weighted by atomic mass is 32.1. The van der Waals surface area contributed by atoms with Crippen LogP contribution in [0.2, 0.25) is 0 Å². The zero-order valence-electron chi connectivity index (χ0n) is 22.9. The van der Waals surface area contributed by atoms with Crippen molar-refractivity contribution in [2.75, 3.05) is 20.6 Å². The lowest BCUT2D eigenvalue weighted by Crippen LogP contribution is -2.44. The number of likely N-dealkylation sites (N-methyl/N-ethyl adjacent to an activating group) is 1. The van der Waals surface area contributed by atoms with Gasteiger partial charge in [-0.25, -0.2) is 4.98 Å². The highest BCUT2D eigenvalue weighted by molar-refractivity contribution is 7.18. The van der Waals surface area contributed by atoms with Gasteiger partial charge in [0, 0.05) is 38.3 Å². The van der Waals surface area contributed by atoms with E-state index < -0.39 is 5.92 Å². The Morgan fingerprint density at radius 1 is 1.19 bits per heavy atom. The van der Waals surface area contributed by atoms with E-state index in [0.29, 0.717) is 31.6 Å². The fourth-order valence-corrected chi connectivity index (χ4v) is 6.18. The van der Waals surface area contributed by atoms with E-state index in [1.807, 2.05) is 38.1 Å². The van der Waals surface area contributed by atoms with Crippen LogP contribution in [0.3, 0.4) is 0 Å². The molecule has 1 aliphatic carbocycles. The lowest BCUT2D eigenvalue weighted by Gasteiger charge is -2.27. The number of hydrogen-bond donors (Lipinski definition) is 1. The number of fused-ring (bicyclic) bond motifs is 1. The molecule has 2 atom stereocenters. The monoisotopic (exact) mass is 525 g/mol. The van der Waals surface area contributed by atoms with E-state index in [9.17, 15) is 14.4 Å². The number of allylic oxidation sites excluding steroid dienone is 1. The number of thiazole rings is 1. The summed E-state index contributed by atoms with van der Waals surface area (Å²) in [6.45, 7) is 4.71. The number of carbonyl (C=O) groups excluding carboxylic acids is 3. The molecule has 0 aliphatic heterocycles. The molecule has 1 saturated carbocycles. The summed E-state index contributed by atoms with van der Waals surface area (Å²) in [6.07, 6.45) is 11.2. The molecule has 0 bridgehead atoms. The Kier molecular flexibility index (Phi) is 11.5. The number of benzene rings is 1. The quantitative estimate of drug-likeness (QED) is 0.309. The average molecular weight is 526 g/mol. The number of Topliss-reactive ketones (excluding diaryl/α,β-unsaturated/α-hetero) is 1. The second-order valence-electron chi connectivity index (χ2n) is 10.6. The van der Waals surface area contributed by atoms with Crippen LogP contribution in [0.4, 0.5) is 0 Å². The molecular weight excluding hydrogens is 482 g/mol. The number of carbonyl (C=O) groups is 3. The number of aromatic nitrogens is 1. The molecule has 1 fully saturated rings. The predicted molar refractivity (Wildman–Crippen MR) is 152 cm³/mol. The molecule has 1 aromatic heterocycles. The smallest absolute Gasteiger partial charge is 0.224 e. The lowest BCUT2D eigenvalue weighted by molar-refractivity contribution is -0.130. The first-order valence-corrected chi connectivity index (χ1v) is 14.6. The number of nitrogens with zero attached hydrogens (tertiary/aromatic N) is 2. The molecule has 0 saturated heterocycles.